The van der Waals surface area contributed by atoms with Gasteiger partial charge in [-0.2, -0.15) is 0 Å². The van der Waals surface area contributed by atoms with E-state index in [9.17, 15) is 9.59 Å². The lowest BCUT2D eigenvalue weighted by molar-refractivity contribution is -0.138. The second-order valence-electron chi connectivity index (χ2n) is 7.06. The predicted octanol–water partition coefficient (Wildman–Crippen LogP) is 3.42. The van der Waals surface area contributed by atoms with Gasteiger partial charge in [-0.3, -0.25) is 9.59 Å². The molecule has 4 rings (SSSR count). The molecular formula is C22H22N2O3. The van der Waals surface area contributed by atoms with E-state index in [2.05, 4.69) is 0 Å². The van der Waals surface area contributed by atoms with Crippen molar-refractivity contribution >= 4 is 17.2 Å². The molecule has 1 aliphatic rings. The number of amides is 1. The van der Waals surface area contributed by atoms with Crippen LogP contribution in [0.5, 0.6) is 0 Å². The molecule has 1 amide bonds. The van der Waals surface area contributed by atoms with Gasteiger partial charge in [0, 0.05) is 30.4 Å². The van der Waals surface area contributed by atoms with Gasteiger partial charge in [0.2, 0.25) is 0 Å². The summed E-state index contributed by atoms with van der Waals surface area (Å²) in [6, 6.07) is 17.4. The maximum atomic E-state index is 13.3. The Labute approximate surface area is 158 Å². The van der Waals surface area contributed by atoms with Crippen molar-refractivity contribution in [3.63, 3.8) is 0 Å². The Bertz CT molecular complexity index is 983. The zero-order valence-corrected chi connectivity index (χ0v) is 15.5. The molecule has 27 heavy (non-hydrogen) atoms. The van der Waals surface area contributed by atoms with Crippen molar-refractivity contribution in [1.29, 1.82) is 0 Å². The van der Waals surface area contributed by atoms with Crippen molar-refractivity contribution in [2.75, 3.05) is 13.1 Å². The second-order valence-corrected chi connectivity index (χ2v) is 7.06. The highest BCUT2D eigenvalue weighted by atomic mass is 16.5. The molecule has 2 aromatic heterocycles. The summed E-state index contributed by atoms with van der Waals surface area (Å²) in [6.07, 6.45) is 1.67. The number of morpholine rings is 1. The van der Waals surface area contributed by atoms with Crippen LogP contribution in [0.1, 0.15) is 24.3 Å². The Kier molecular flexibility index (Phi) is 4.54. The fraction of sp³-hybridized carbons (Fsp3) is 0.273. The molecule has 3 heterocycles. The average molecular weight is 362 g/mol. The van der Waals surface area contributed by atoms with Gasteiger partial charge in [0.15, 0.2) is 0 Å². The molecule has 0 radical (unpaired) electrons. The first kappa shape index (κ1) is 17.5. The van der Waals surface area contributed by atoms with Crippen molar-refractivity contribution in [1.82, 2.24) is 9.30 Å². The molecule has 3 aromatic rings. The molecule has 0 saturated carbocycles. The highest BCUT2D eigenvalue weighted by Gasteiger charge is 2.32. The lowest BCUT2D eigenvalue weighted by atomic mass is 10.0. The Morgan fingerprint density at radius 2 is 1.63 bits per heavy atom. The Morgan fingerprint density at radius 3 is 2.33 bits per heavy atom. The van der Waals surface area contributed by atoms with Crippen molar-refractivity contribution in [3.05, 3.63) is 66.5 Å². The van der Waals surface area contributed by atoms with Crippen LogP contribution >= 0.6 is 0 Å². The van der Waals surface area contributed by atoms with E-state index in [0.29, 0.717) is 18.8 Å². The van der Waals surface area contributed by atoms with E-state index >= 15 is 0 Å². The van der Waals surface area contributed by atoms with E-state index in [0.717, 1.165) is 16.6 Å². The van der Waals surface area contributed by atoms with Crippen LogP contribution in [-0.2, 0) is 9.53 Å². The number of aromatic nitrogens is 1. The standard InChI is InChI=1S/C22H22N2O3/c1-15-13-23(14-16(2)27-15)22(26)21(25)20-19(17-8-4-3-5-9-17)12-18-10-6-7-11-24(18)20/h3-12,15-16H,13-14H2,1-2H3/t15-,16+. The Morgan fingerprint density at radius 1 is 0.963 bits per heavy atom. The summed E-state index contributed by atoms with van der Waals surface area (Å²) >= 11 is 0. The van der Waals surface area contributed by atoms with E-state index in [1.807, 2.05) is 74.6 Å². The second kappa shape index (κ2) is 7.00. The first-order valence-electron chi connectivity index (χ1n) is 9.19. The molecule has 5 heteroatoms. The highest BCUT2D eigenvalue weighted by Crippen LogP contribution is 2.28. The number of fused-ring (bicyclic) bond motifs is 1. The van der Waals surface area contributed by atoms with Crippen LogP contribution < -0.4 is 0 Å². The van der Waals surface area contributed by atoms with Gasteiger partial charge in [0.25, 0.3) is 11.7 Å². The molecule has 138 valence electrons. The molecule has 0 bridgehead atoms. The maximum Gasteiger partial charge on any atom is 0.296 e. The summed E-state index contributed by atoms with van der Waals surface area (Å²) in [5, 5.41) is 0. The summed E-state index contributed by atoms with van der Waals surface area (Å²) in [7, 11) is 0. The summed E-state index contributed by atoms with van der Waals surface area (Å²) in [4.78, 5) is 27.9. The van der Waals surface area contributed by atoms with Crippen LogP contribution in [-0.4, -0.2) is 46.3 Å². The number of ketones is 1. The molecule has 2 atom stereocenters. The number of hydrogen-bond donors (Lipinski definition) is 0. The third-order valence-corrected chi connectivity index (χ3v) is 4.88. The number of rotatable bonds is 3. The molecule has 1 aromatic carbocycles. The van der Waals surface area contributed by atoms with Crippen molar-refractivity contribution < 1.29 is 14.3 Å². The predicted molar refractivity (Wildman–Crippen MR) is 104 cm³/mol. The Hall–Kier alpha value is -2.92. The minimum absolute atomic E-state index is 0.0804. The number of carbonyl (C=O) groups excluding carboxylic acids is 2. The van der Waals surface area contributed by atoms with Crippen molar-refractivity contribution in [2.24, 2.45) is 0 Å². The van der Waals surface area contributed by atoms with Gasteiger partial charge in [-0.1, -0.05) is 36.4 Å². The summed E-state index contributed by atoms with van der Waals surface area (Å²) in [6.45, 7) is 4.70. The van der Waals surface area contributed by atoms with Gasteiger partial charge in [-0.15, -0.1) is 0 Å². The average Bonchev–Trinajstić information content (AvgIpc) is 3.06. The molecular weight excluding hydrogens is 340 g/mol. The van der Waals surface area contributed by atoms with E-state index < -0.39 is 11.7 Å². The number of carbonyl (C=O) groups is 2. The molecule has 1 aliphatic heterocycles. The van der Waals surface area contributed by atoms with Gasteiger partial charge in [0.05, 0.1) is 12.2 Å². The maximum absolute atomic E-state index is 13.3. The van der Waals surface area contributed by atoms with Crippen LogP contribution in [0.25, 0.3) is 16.6 Å². The molecule has 1 saturated heterocycles. The first-order chi connectivity index (χ1) is 13.0. The largest absolute Gasteiger partial charge is 0.372 e. The lowest BCUT2D eigenvalue weighted by Crippen LogP contribution is -2.50. The van der Waals surface area contributed by atoms with E-state index in [-0.39, 0.29) is 12.2 Å². The van der Waals surface area contributed by atoms with Crippen molar-refractivity contribution in [3.8, 4) is 11.1 Å². The van der Waals surface area contributed by atoms with E-state index in [1.165, 1.54) is 0 Å². The minimum Gasteiger partial charge on any atom is -0.372 e. The van der Waals surface area contributed by atoms with Gasteiger partial charge in [-0.25, -0.2) is 0 Å². The zero-order chi connectivity index (χ0) is 19.0. The van der Waals surface area contributed by atoms with Crippen LogP contribution in [0.3, 0.4) is 0 Å². The van der Waals surface area contributed by atoms with Gasteiger partial charge < -0.3 is 14.0 Å². The van der Waals surface area contributed by atoms with Gasteiger partial charge >= 0.3 is 0 Å². The summed E-state index contributed by atoms with van der Waals surface area (Å²) in [5.41, 5.74) is 2.99. The number of nitrogens with zero attached hydrogens (tertiary/aromatic N) is 2. The molecule has 0 aliphatic carbocycles. The van der Waals surface area contributed by atoms with Crippen LogP contribution in [0.15, 0.2) is 60.8 Å². The fourth-order valence-corrected chi connectivity index (χ4v) is 3.78. The van der Waals surface area contributed by atoms with Crippen LogP contribution in [0.2, 0.25) is 0 Å². The lowest BCUT2D eigenvalue weighted by Gasteiger charge is -2.34. The molecule has 0 spiro atoms. The molecule has 0 unspecified atom stereocenters. The van der Waals surface area contributed by atoms with E-state index in [1.54, 1.807) is 9.30 Å². The minimum atomic E-state index is -0.485. The topological polar surface area (TPSA) is 51.0 Å². The molecule has 5 nitrogen and oxygen atoms in total. The summed E-state index contributed by atoms with van der Waals surface area (Å²) in [5.74, 6) is -0.959. The highest BCUT2D eigenvalue weighted by molar-refractivity contribution is 6.43. The first-order valence-corrected chi connectivity index (χ1v) is 9.19. The third kappa shape index (κ3) is 3.26. The van der Waals surface area contributed by atoms with E-state index in [4.69, 9.17) is 4.74 Å². The van der Waals surface area contributed by atoms with Gasteiger partial charge in [-0.05, 0) is 37.6 Å². The quantitative estimate of drug-likeness (QED) is 0.530. The summed E-state index contributed by atoms with van der Waals surface area (Å²) < 4.78 is 7.49. The van der Waals surface area contributed by atoms with Crippen LogP contribution in [0, 0.1) is 0 Å². The van der Waals surface area contributed by atoms with Crippen molar-refractivity contribution in [2.45, 2.75) is 26.1 Å². The number of hydrogen-bond acceptors (Lipinski definition) is 3. The van der Waals surface area contributed by atoms with Gasteiger partial charge in [0.1, 0.15) is 5.69 Å². The smallest absolute Gasteiger partial charge is 0.296 e. The number of benzene rings is 1. The monoisotopic (exact) mass is 362 g/mol. The zero-order valence-electron chi connectivity index (χ0n) is 15.5. The number of Topliss-reactive ketones (excluding diaryl/α,β-unsaturated/α-hetero) is 1. The Balaban J connectivity index is 1.78. The van der Waals surface area contributed by atoms with Crippen LogP contribution in [0.4, 0.5) is 0 Å². The number of ether oxygens (including phenoxy) is 1. The number of pyridine rings is 1. The molecule has 1 fully saturated rings. The SMILES string of the molecule is C[C@@H]1CN(C(=O)C(=O)c2c(-c3ccccc3)cc3ccccn23)C[C@H](C)O1. The fourth-order valence-electron chi connectivity index (χ4n) is 3.78. The molecule has 0 N–H and O–H groups in total. The normalized spacial score (nSPS) is 20.0. The third-order valence-electron chi connectivity index (χ3n) is 4.88.